The molecule has 1 saturated heterocycles. The second-order valence-electron chi connectivity index (χ2n) is 6.15. The number of carbonyl (C=O) groups excluding carboxylic acids is 1. The number of aliphatic hydroxyl groups excluding tert-OH is 1. The lowest BCUT2D eigenvalue weighted by molar-refractivity contribution is 0.0459. The van der Waals surface area contributed by atoms with Gasteiger partial charge in [0.05, 0.1) is 11.7 Å². The van der Waals surface area contributed by atoms with Crippen molar-refractivity contribution < 1.29 is 19.4 Å². The summed E-state index contributed by atoms with van der Waals surface area (Å²) >= 11 is 0. The molecule has 0 bridgehead atoms. The molecule has 0 aromatic heterocycles. The number of aromatic hydroxyl groups is 1. The van der Waals surface area contributed by atoms with Crippen molar-refractivity contribution in [3.8, 4) is 5.75 Å². The highest BCUT2D eigenvalue weighted by Gasteiger charge is 2.29. The summed E-state index contributed by atoms with van der Waals surface area (Å²) < 4.78 is 13.8. The molecule has 1 unspecified atom stereocenters. The van der Waals surface area contributed by atoms with Gasteiger partial charge in [-0.3, -0.25) is 4.79 Å². The minimum Gasteiger partial charge on any atom is -0.508 e. The molecule has 126 valence electrons. The lowest BCUT2D eigenvalue weighted by Crippen LogP contribution is -2.40. The molecule has 24 heavy (non-hydrogen) atoms. The van der Waals surface area contributed by atoms with E-state index in [0.29, 0.717) is 25.9 Å². The van der Waals surface area contributed by atoms with E-state index in [0.717, 1.165) is 11.6 Å². The van der Waals surface area contributed by atoms with Crippen molar-refractivity contribution in [2.45, 2.75) is 18.9 Å². The Morgan fingerprint density at radius 2 is 1.79 bits per heavy atom. The number of piperidine rings is 1. The van der Waals surface area contributed by atoms with Gasteiger partial charge in [-0.25, -0.2) is 4.39 Å². The zero-order chi connectivity index (χ0) is 17.1. The van der Waals surface area contributed by atoms with Gasteiger partial charge >= 0.3 is 0 Å². The first-order chi connectivity index (χ1) is 11.6. The Hall–Kier alpha value is -2.40. The number of phenolic OH excluding ortho intramolecular Hbond substituents is 1. The number of hydrogen-bond donors (Lipinski definition) is 2. The minimum absolute atomic E-state index is 0.0325. The molecule has 1 heterocycles. The third-order valence-corrected chi connectivity index (χ3v) is 4.60. The first kappa shape index (κ1) is 16.5. The van der Waals surface area contributed by atoms with E-state index in [-0.39, 0.29) is 23.1 Å². The average molecular weight is 329 g/mol. The van der Waals surface area contributed by atoms with E-state index in [4.69, 9.17) is 0 Å². The van der Waals surface area contributed by atoms with Gasteiger partial charge in [0.2, 0.25) is 0 Å². The van der Waals surface area contributed by atoms with Crippen molar-refractivity contribution in [3.05, 3.63) is 65.5 Å². The summed E-state index contributed by atoms with van der Waals surface area (Å²) in [4.78, 5) is 14.0. The Labute approximate surface area is 140 Å². The van der Waals surface area contributed by atoms with E-state index in [1.54, 1.807) is 4.90 Å². The summed E-state index contributed by atoms with van der Waals surface area (Å²) in [5.74, 6) is -1.21. The molecule has 1 aliphatic heterocycles. The number of rotatable bonds is 3. The summed E-state index contributed by atoms with van der Waals surface area (Å²) in [5, 5.41) is 19.7. The van der Waals surface area contributed by atoms with E-state index in [1.165, 1.54) is 12.1 Å². The van der Waals surface area contributed by atoms with Gasteiger partial charge in [0.25, 0.3) is 5.91 Å². The lowest BCUT2D eigenvalue weighted by Gasteiger charge is -2.34. The van der Waals surface area contributed by atoms with Crippen LogP contribution in [-0.2, 0) is 0 Å². The van der Waals surface area contributed by atoms with Gasteiger partial charge in [-0.05, 0) is 36.5 Å². The molecule has 1 atom stereocenters. The summed E-state index contributed by atoms with van der Waals surface area (Å²) in [5.41, 5.74) is 0.849. The molecule has 4 nitrogen and oxygen atoms in total. The van der Waals surface area contributed by atoms with Crippen LogP contribution in [0.25, 0.3) is 0 Å². The third-order valence-electron chi connectivity index (χ3n) is 4.60. The molecule has 2 aromatic carbocycles. The molecule has 2 aromatic rings. The Bertz CT molecular complexity index is 712. The smallest absolute Gasteiger partial charge is 0.256 e. The fourth-order valence-corrected chi connectivity index (χ4v) is 3.19. The summed E-state index contributed by atoms with van der Waals surface area (Å²) in [6.45, 7) is 0.960. The number of carbonyl (C=O) groups is 1. The molecule has 0 radical (unpaired) electrons. The highest BCUT2D eigenvalue weighted by atomic mass is 19.1. The molecule has 1 aliphatic rings. The van der Waals surface area contributed by atoms with Crippen molar-refractivity contribution in [2.75, 3.05) is 13.1 Å². The van der Waals surface area contributed by atoms with Crippen LogP contribution in [0, 0.1) is 11.7 Å². The lowest BCUT2D eigenvalue weighted by atomic mass is 9.87. The molecule has 0 saturated carbocycles. The van der Waals surface area contributed by atoms with Crippen molar-refractivity contribution >= 4 is 5.91 Å². The molecule has 0 aliphatic carbocycles. The third kappa shape index (κ3) is 3.41. The maximum absolute atomic E-state index is 13.8. The summed E-state index contributed by atoms with van der Waals surface area (Å²) in [6.07, 6.45) is 0.789. The Morgan fingerprint density at radius 3 is 2.42 bits per heavy atom. The van der Waals surface area contributed by atoms with Crippen LogP contribution in [0.5, 0.6) is 5.75 Å². The predicted octanol–water partition coefficient (Wildman–Crippen LogP) is 3.12. The van der Waals surface area contributed by atoms with Gasteiger partial charge in [-0.2, -0.15) is 0 Å². The van der Waals surface area contributed by atoms with Gasteiger partial charge in [0, 0.05) is 19.2 Å². The second kappa shape index (κ2) is 7.01. The number of likely N-dealkylation sites (tertiary alicyclic amines) is 1. The fourth-order valence-electron chi connectivity index (χ4n) is 3.19. The zero-order valence-electron chi connectivity index (χ0n) is 13.2. The van der Waals surface area contributed by atoms with Crippen LogP contribution in [0.4, 0.5) is 4.39 Å². The Kier molecular flexibility index (Phi) is 4.81. The standard InChI is InChI=1S/C19H20FNO3/c20-17-12-15(22)6-7-16(17)19(24)21-10-8-14(9-11-21)18(23)13-4-2-1-3-5-13/h1-7,12,14,18,22-23H,8-11H2. The van der Waals surface area contributed by atoms with Crippen LogP contribution in [0.3, 0.4) is 0 Å². The zero-order valence-corrected chi connectivity index (χ0v) is 13.2. The van der Waals surface area contributed by atoms with Crippen molar-refractivity contribution in [1.82, 2.24) is 4.90 Å². The number of halogens is 1. The van der Waals surface area contributed by atoms with E-state index in [1.807, 2.05) is 30.3 Å². The number of phenols is 1. The molecule has 0 spiro atoms. The molecule has 2 N–H and O–H groups in total. The van der Waals surface area contributed by atoms with Gasteiger partial charge < -0.3 is 15.1 Å². The van der Waals surface area contributed by atoms with Crippen LogP contribution in [0.2, 0.25) is 0 Å². The molecular formula is C19H20FNO3. The van der Waals surface area contributed by atoms with E-state index in [9.17, 15) is 19.4 Å². The van der Waals surface area contributed by atoms with Crippen molar-refractivity contribution in [2.24, 2.45) is 5.92 Å². The number of nitrogens with zero attached hydrogens (tertiary/aromatic N) is 1. The number of benzene rings is 2. The normalized spacial score (nSPS) is 16.8. The van der Waals surface area contributed by atoms with Crippen molar-refractivity contribution in [3.63, 3.8) is 0 Å². The van der Waals surface area contributed by atoms with Crippen LogP contribution >= 0.6 is 0 Å². The maximum Gasteiger partial charge on any atom is 0.256 e. The molecule has 1 fully saturated rings. The maximum atomic E-state index is 13.8. The minimum atomic E-state index is -0.716. The van der Waals surface area contributed by atoms with Gasteiger partial charge in [0.15, 0.2) is 0 Å². The monoisotopic (exact) mass is 329 g/mol. The largest absolute Gasteiger partial charge is 0.508 e. The SMILES string of the molecule is O=C(c1ccc(O)cc1F)N1CCC(C(O)c2ccccc2)CC1. The summed E-state index contributed by atoms with van der Waals surface area (Å²) in [7, 11) is 0. The first-order valence-corrected chi connectivity index (χ1v) is 8.07. The highest BCUT2D eigenvalue weighted by molar-refractivity contribution is 5.94. The van der Waals surface area contributed by atoms with Gasteiger partial charge in [0.1, 0.15) is 11.6 Å². The number of amides is 1. The highest BCUT2D eigenvalue weighted by Crippen LogP contribution is 2.31. The average Bonchev–Trinajstić information content (AvgIpc) is 2.61. The fraction of sp³-hybridized carbons (Fsp3) is 0.316. The molecule has 5 heteroatoms. The summed E-state index contributed by atoms with van der Waals surface area (Å²) in [6, 6.07) is 13.0. The van der Waals surface area contributed by atoms with E-state index >= 15 is 0 Å². The molecule has 3 rings (SSSR count). The van der Waals surface area contributed by atoms with E-state index in [2.05, 4.69) is 0 Å². The van der Waals surface area contributed by atoms with Gasteiger partial charge in [-0.1, -0.05) is 30.3 Å². The first-order valence-electron chi connectivity index (χ1n) is 8.07. The molecular weight excluding hydrogens is 309 g/mol. The van der Waals surface area contributed by atoms with Crippen LogP contribution < -0.4 is 0 Å². The predicted molar refractivity (Wildman–Crippen MR) is 88.1 cm³/mol. The second-order valence-corrected chi connectivity index (χ2v) is 6.15. The van der Waals surface area contributed by atoms with Gasteiger partial charge in [-0.15, -0.1) is 0 Å². The van der Waals surface area contributed by atoms with Crippen LogP contribution in [0.15, 0.2) is 48.5 Å². The van der Waals surface area contributed by atoms with Crippen LogP contribution in [-0.4, -0.2) is 34.1 Å². The Balaban J connectivity index is 1.63. The van der Waals surface area contributed by atoms with Crippen molar-refractivity contribution in [1.29, 1.82) is 0 Å². The quantitative estimate of drug-likeness (QED) is 0.909. The van der Waals surface area contributed by atoms with E-state index < -0.39 is 11.9 Å². The number of hydrogen-bond acceptors (Lipinski definition) is 3. The topological polar surface area (TPSA) is 60.8 Å². The Morgan fingerprint density at radius 1 is 1.12 bits per heavy atom. The molecule has 1 amide bonds. The van der Waals surface area contributed by atoms with Crippen LogP contribution in [0.1, 0.15) is 34.9 Å². The number of aliphatic hydroxyl groups is 1.